The fraction of sp³-hybridized carbons (Fsp3) is 0.389. The third-order valence-corrected chi connectivity index (χ3v) is 3.67. The van der Waals surface area contributed by atoms with Crippen LogP contribution in [-0.4, -0.2) is 35.3 Å². The van der Waals surface area contributed by atoms with Crippen molar-refractivity contribution >= 4 is 0 Å². The predicted octanol–water partition coefficient (Wildman–Crippen LogP) is 2.22. The standard InChI is InChI=1S/C18H24N2O3/c1-19(12-15-7-4-3-5-8-15)13-16-11-17(21)18(22)14-20(16)9-6-10-23-2/h3-5,7-8,11,14,22H,6,9-10,12-13H2,1-2H3. The van der Waals surface area contributed by atoms with Crippen molar-refractivity contribution in [3.63, 3.8) is 0 Å². The van der Waals surface area contributed by atoms with E-state index in [0.717, 1.165) is 18.7 Å². The molecule has 0 amide bonds. The molecule has 0 bridgehead atoms. The summed E-state index contributed by atoms with van der Waals surface area (Å²) < 4.78 is 7.00. The molecular formula is C18H24N2O3. The number of aromatic hydroxyl groups is 1. The number of nitrogens with zero attached hydrogens (tertiary/aromatic N) is 2. The molecule has 1 aromatic carbocycles. The first-order chi connectivity index (χ1) is 11.1. The summed E-state index contributed by atoms with van der Waals surface area (Å²) in [6.07, 6.45) is 2.35. The van der Waals surface area contributed by atoms with Crippen LogP contribution in [0.3, 0.4) is 0 Å². The van der Waals surface area contributed by atoms with Gasteiger partial charge >= 0.3 is 0 Å². The van der Waals surface area contributed by atoms with Gasteiger partial charge in [0.25, 0.3) is 0 Å². The summed E-state index contributed by atoms with van der Waals surface area (Å²) in [5, 5.41) is 9.67. The number of aromatic nitrogens is 1. The summed E-state index contributed by atoms with van der Waals surface area (Å²) in [6, 6.07) is 11.7. The largest absolute Gasteiger partial charge is 0.503 e. The number of rotatable bonds is 8. The summed E-state index contributed by atoms with van der Waals surface area (Å²) in [6.45, 7) is 2.79. The summed E-state index contributed by atoms with van der Waals surface area (Å²) in [4.78, 5) is 13.9. The van der Waals surface area contributed by atoms with Crippen LogP contribution in [0.2, 0.25) is 0 Å². The predicted molar refractivity (Wildman–Crippen MR) is 90.5 cm³/mol. The molecule has 0 fully saturated rings. The fourth-order valence-corrected chi connectivity index (χ4v) is 2.55. The van der Waals surface area contributed by atoms with E-state index in [4.69, 9.17) is 4.74 Å². The minimum Gasteiger partial charge on any atom is -0.503 e. The Morgan fingerprint density at radius 1 is 1.22 bits per heavy atom. The Labute approximate surface area is 136 Å². The Bertz CT molecular complexity index is 668. The Morgan fingerprint density at radius 2 is 1.96 bits per heavy atom. The molecule has 0 spiro atoms. The molecule has 124 valence electrons. The molecule has 0 aliphatic heterocycles. The van der Waals surface area contributed by atoms with Crippen LogP contribution >= 0.6 is 0 Å². The van der Waals surface area contributed by atoms with Crippen molar-refractivity contribution in [2.75, 3.05) is 20.8 Å². The zero-order chi connectivity index (χ0) is 16.7. The first-order valence-electron chi connectivity index (χ1n) is 7.74. The average molecular weight is 316 g/mol. The van der Waals surface area contributed by atoms with Gasteiger partial charge in [0.2, 0.25) is 5.43 Å². The molecule has 0 saturated carbocycles. The lowest BCUT2D eigenvalue weighted by Gasteiger charge is -2.20. The molecule has 1 aromatic heterocycles. The van der Waals surface area contributed by atoms with Crippen molar-refractivity contribution in [3.8, 4) is 5.75 Å². The molecule has 2 aromatic rings. The van der Waals surface area contributed by atoms with Crippen molar-refractivity contribution < 1.29 is 9.84 Å². The summed E-state index contributed by atoms with van der Waals surface area (Å²) in [7, 11) is 3.68. The second-order valence-electron chi connectivity index (χ2n) is 5.71. The van der Waals surface area contributed by atoms with Gasteiger partial charge in [-0.05, 0) is 19.0 Å². The molecule has 1 N–H and O–H groups in total. The zero-order valence-corrected chi connectivity index (χ0v) is 13.7. The lowest BCUT2D eigenvalue weighted by Crippen LogP contribution is -2.22. The fourth-order valence-electron chi connectivity index (χ4n) is 2.55. The van der Waals surface area contributed by atoms with E-state index in [1.807, 2.05) is 29.8 Å². The third-order valence-electron chi connectivity index (χ3n) is 3.67. The minimum atomic E-state index is -0.337. The Balaban J connectivity index is 2.10. The minimum absolute atomic E-state index is 0.211. The van der Waals surface area contributed by atoms with Gasteiger partial charge in [-0.25, -0.2) is 0 Å². The second-order valence-corrected chi connectivity index (χ2v) is 5.71. The van der Waals surface area contributed by atoms with Crippen LogP contribution < -0.4 is 5.43 Å². The Morgan fingerprint density at radius 3 is 2.65 bits per heavy atom. The SMILES string of the molecule is COCCCn1cc(O)c(=O)cc1CN(C)Cc1ccccc1. The van der Waals surface area contributed by atoms with E-state index in [9.17, 15) is 9.90 Å². The van der Waals surface area contributed by atoms with Crippen molar-refractivity contribution in [2.24, 2.45) is 0 Å². The quantitative estimate of drug-likeness (QED) is 0.759. The smallest absolute Gasteiger partial charge is 0.223 e. The third kappa shape index (κ3) is 5.23. The highest BCUT2D eigenvalue weighted by Gasteiger charge is 2.09. The maximum absolute atomic E-state index is 11.8. The Hall–Kier alpha value is -2.11. The lowest BCUT2D eigenvalue weighted by atomic mass is 10.2. The molecule has 23 heavy (non-hydrogen) atoms. The van der Waals surface area contributed by atoms with Crippen molar-refractivity contribution in [1.82, 2.24) is 9.47 Å². The van der Waals surface area contributed by atoms with E-state index in [1.165, 1.54) is 17.8 Å². The van der Waals surface area contributed by atoms with Gasteiger partial charge < -0.3 is 14.4 Å². The highest BCUT2D eigenvalue weighted by Crippen LogP contribution is 2.11. The molecule has 0 aliphatic rings. The van der Waals surface area contributed by atoms with Crippen LogP contribution in [-0.2, 0) is 24.4 Å². The molecule has 1 heterocycles. The zero-order valence-electron chi connectivity index (χ0n) is 13.7. The number of pyridine rings is 1. The van der Waals surface area contributed by atoms with Gasteiger partial charge in [-0.15, -0.1) is 0 Å². The normalized spacial score (nSPS) is 11.1. The number of aryl methyl sites for hydroxylation is 1. The number of methoxy groups -OCH3 is 1. The van der Waals surface area contributed by atoms with Crippen molar-refractivity contribution in [2.45, 2.75) is 26.1 Å². The monoisotopic (exact) mass is 316 g/mol. The molecular weight excluding hydrogens is 292 g/mol. The van der Waals surface area contributed by atoms with E-state index in [-0.39, 0.29) is 11.2 Å². The molecule has 5 nitrogen and oxygen atoms in total. The first kappa shape index (κ1) is 17.2. The topological polar surface area (TPSA) is 54.7 Å². The lowest BCUT2D eigenvalue weighted by molar-refractivity contribution is 0.189. The summed E-state index contributed by atoms with van der Waals surface area (Å²) in [5.74, 6) is -0.211. The van der Waals surface area contributed by atoms with Gasteiger partial charge in [-0.1, -0.05) is 30.3 Å². The number of hydrogen-bond donors (Lipinski definition) is 1. The van der Waals surface area contributed by atoms with Crippen LogP contribution in [0.4, 0.5) is 0 Å². The van der Waals surface area contributed by atoms with Crippen LogP contribution in [0.15, 0.2) is 47.4 Å². The maximum atomic E-state index is 11.8. The highest BCUT2D eigenvalue weighted by molar-refractivity contribution is 5.21. The second kappa shape index (κ2) is 8.50. The molecule has 0 radical (unpaired) electrons. The van der Waals surface area contributed by atoms with Gasteiger partial charge in [-0.2, -0.15) is 0 Å². The summed E-state index contributed by atoms with van der Waals surface area (Å²) in [5.41, 5.74) is 1.78. The van der Waals surface area contributed by atoms with Crippen LogP contribution in [0.1, 0.15) is 17.7 Å². The van der Waals surface area contributed by atoms with E-state index in [2.05, 4.69) is 17.0 Å². The number of benzene rings is 1. The first-order valence-corrected chi connectivity index (χ1v) is 7.74. The summed E-state index contributed by atoms with van der Waals surface area (Å²) >= 11 is 0. The molecule has 5 heteroatoms. The van der Waals surface area contributed by atoms with E-state index in [1.54, 1.807) is 7.11 Å². The molecule has 0 saturated heterocycles. The van der Waals surface area contributed by atoms with E-state index >= 15 is 0 Å². The molecule has 0 unspecified atom stereocenters. The number of hydrogen-bond acceptors (Lipinski definition) is 4. The molecule has 2 rings (SSSR count). The van der Waals surface area contributed by atoms with Gasteiger partial charge in [0, 0.05) is 45.1 Å². The molecule has 0 atom stereocenters. The van der Waals surface area contributed by atoms with Gasteiger partial charge in [0.15, 0.2) is 5.75 Å². The van der Waals surface area contributed by atoms with Crippen molar-refractivity contribution in [3.05, 3.63) is 64.1 Å². The van der Waals surface area contributed by atoms with Gasteiger partial charge in [0.1, 0.15) is 0 Å². The van der Waals surface area contributed by atoms with E-state index in [0.29, 0.717) is 19.7 Å². The number of ether oxygens (including phenoxy) is 1. The van der Waals surface area contributed by atoms with Gasteiger partial charge in [-0.3, -0.25) is 9.69 Å². The maximum Gasteiger partial charge on any atom is 0.223 e. The van der Waals surface area contributed by atoms with Crippen LogP contribution in [0.5, 0.6) is 5.75 Å². The Kier molecular flexibility index (Phi) is 6.38. The van der Waals surface area contributed by atoms with Gasteiger partial charge in [0.05, 0.1) is 6.20 Å². The highest BCUT2D eigenvalue weighted by atomic mass is 16.5. The van der Waals surface area contributed by atoms with Crippen LogP contribution in [0, 0.1) is 0 Å². The van der Waals surface area contributed by atoms with Crippen molar-refractivity contribution in [1.29, 1.82) is 0 Å². The molecule has 0 aliphatic carbocycles. The average Bonchev–Trinajstić information content (AvgIpc) is 2.53. The van der Waals surface area contributed by atoms with Crippen LogP contribution in [0.25, 0.3) is 0 Å². The van der Waals surface area contributed by atoms with E-state index < -0.39 is 0 Å².